The van der Waals surface area contributed by atoms with Crippen molar-refractivity contribution in [3.63, 3.8) is 0 Å². The number of ether oxygens (including phenoxy) is 1. The Kier molecular flexibility index (Phi) is 3.18. The summed E-state index contributed by atoms with van der Waals surface area (Å²) in [6.07, 6.45) is 0.836. The van der Waals surface area contributed by atoms with E-state index in [4.69, 9.17) is 10.5 Å². The number of hydrogen-bond donors (Lipinski definition) is 2. The third kappa shape index (κ3) is 2.45. The summed E-state index contributed by atoms with van der Waals surface area (Å²) in [7, 11) is 0. The summed E-state index contributed by atoms with van der Waals surface area (Å²) in [5, 5.41) is 2.79. The summed E-state index contributed by atoms with van der Waals surface area (Å²) < 4.78 is 9.73. The fourth-order valence-corrected chi connectivity index (χ4v) is 2.70. The van der Waals surface area contributed by atoms with Crippen LogP contribution < -0.4 is 15.8 Å². The molecular formula is C13H13N3O2S. The minimum atomic E-state index is -0.133. The maximum Gasteiger partial charge on any atom is 0.262 e. The number of anilines is 1. The number of aromatic nitrogens is 1. The predicted molar refractivity (Wildman–Crippen MR) is 74.4 cm³/mol. The number of benzene rings is 1. The van der Waals surface area contributed by atoms with Gasteiger partial charge in [-0.3, -0.25) is 4.79 Å². The molecule has 1 aliphatic heterocycles. The second-order valence-corrected chi connectivity index (χ2v) is 5.15. The summed E-state index contributed by atoms with van der Waals surface area (Å²) >= 11 is 1.46. The van der Waals surface area contributed by atoms with E-state index in [9.17, 15) is 4.79 Å². The smallest absolute Gasteiger partial charge is 0.262 e. The highest BCUT2D eigenvalue weighted by Crippen LogP contribution is 2.33. The van der Waals surface area contributed by atoms with E-state index in [1.54, 1.807) is 0 Å². The van der Waals surface area contributed by atoms with E-state index in [1.165, 1.54) is 11.5 Å². The quantitative estimate of drug-likeness (QED) is 0.892. The Morgan fingerprint density at radius 2 is 2.32 bits per heavy atom. The minimum Gasteiger partial charge on any atom is -0.482 e. The highest BCUT2D eigenvalue weighted by molar-refractivity contribution is 7.06. The van der Waals surface area contributed by atoms with Crippen LogP contribution >= 0.6 is 11.5 Å². The van der Waals surface area contributed by atoms with Gasteiger partial charge in [0.2, 0.25) is 0 Å². The molecule has 0 saturated heterocycles. The molecule has 0 saturated carbocycles. The molecule has 1 amide bonds. The molecule has 0 bridgehead atoms. The van der Waals surface area contributed by atoms with Crippen LogP contribution in [0.2, 0.25) is 0 Å². The van der Waals surface area contributed by atoms with Crippen LogP contribution in [0.1, 0.15) is 4.88 Å². The Bertz CT molecular complexity index is 624. The normalized spacial score (nSPS) is 13.6. The molecule has 2 heterocycles. The zero-order valence-electron chi connectivity index (χ0n) is 10.2. The molecule has 0 aliphatic carbocycles. The predicted octanol–water partition coefficient (Wildman–Crippen LogP) is 1.64. The lowest BCUT2D eigenvalue weighted by Crippen LogP contribution is -2.25. The van der Waals surface area contributed by atoms with Crippen LogP contribution in [0, 0.1) is 0 Å². The van der Waals surface area contributed by atoms with Gasteiger partial charge in [-0.05, 0) is 48.8 Å². The van der Waals surface area contributed by atoms with Crippen molar-refractivity contribution in [1.29, 1.82) is 0 Å². The zero-order chi connectivity index (χ0) is 13.2. The van der Waals surface area contributed by atoms with Crippen molar-refractivity contribution in [2.24, 2.45) is 5.73 Å². The van der Waals surface area contributed by atoms with Gasteiger partial charge in [0.1, 0.15) is 5.75 Å². The van der Waals surface area contributed by atoms with Gasteiger partial charge < -0.3 is 15.8 Å². The summed E-state index contributed by atoms with van der Waals surface area (Å²) in [6.45, 7) is 0.694. The van der Waals surface area contributed by atoms with Crippen molar-refractivity contribution in [3.8, 4) is 17.0 Å². The monoisotopic (exact) mass is 275 g/mol. The van der Waals surface area contributed by atoms with Crippen molar-refractivity contribution in [2.45, 2.75) is 6.42 Å². The lowest BCUT2D eigenvalue weighted by molar-refractivity contribution is -0.118. The fraction of sp³-hybridized carbons (Fsp3) is 0.231. The number of nitrogens with zero attached hydrogens (tertiary/aromatic N) is 1. The van der Waals surface area contributed by atoms with E-state index in [0.29, 0.717) is 18.0 Å². The first-order valence-corrected chi connectivity index (χ1v) is 6.76. The molecule has 1 aromatic carbocycles. The van der Waals surface area contributed by atoms with Crippen LogP contribution in [0.5, 0.6) is 5.75 Å². The van der Waals surface area contributed by atoms with Crippen LogP contribution in [0.15, 0.2) is 24.3 Å². The molecule has 1 aromatic heterocycles. The first-order chi connectivity index (χ1) is 9.26. The van der Waals surface area contributed by atoms with Crippen LogP contribution in [-0.2, 0) is 11.2 Å². The number of hydrogen-bond acceptors (Lipinski definition) is 5. The highest BCUT2D eigenvalue weighted by atomic mass is 32.1. The average Bonchev–Trinajstić information content (AvgIpc) is 2.87. The summed E-state index contributed by atoms with van der Waals surface area (Å²) in [6, 6.07) is 7.71. The van der Waals surface area contributed by atoms with Gasteiger partial charge in [-0.15, -0.1) is 0 Å². The Labute approximate surface area is 114 Å². The first kappa shape index (κ1) is 12.1. The number of amides is 1. The SMILES string of the molecule is NCCc1cc(-c2ccc3c(c2)NC(=O)CO3)ns1. The van der Waals surface area contributed by atoms with E-state index in [1.807, 2.05) is 24.3 Å². The Morgan fingerprint density at radius 1 is 1.42 bits per heavy atom. The molecule has 98 valence electrons. The minimum absolute atomic E-state index is 0.0731. The second kappa shape index (κ2) is 4.99. The molecule has 6 heteroatoms. The van der Waals surface area contributed by atoms with Crippen LogP contribution in [0.4, 0.5) is 5.69 Å². The Morgan fingerprint density at radius 3 is 3.16 bits per heavy atom. The average molecular weight is 275 g/mol. The second-order valence-electron chi connectivity index (χ2n) is 4.26. The van der Waals surface area contributed by atoms with Gasteiger partial charge in [0.15, 0.2) is 6.61 Å². The van der Waals surface area contributed by atoms with Crippen LogP contribution in [0.3, 0.4) is 0 Å². The molecule has 0 atom stereocenters. The zero-order valence-corrected chi connectivity index (χ0v) is 11.0. The molecule has 3 rings (SSSR count). The van der Waals surface area contributed by atoms with Crippen molar-refractivity contribution < 1.29 is 9.53 Å². The van der Waals surface area contributed by atoms with Crippen molar-refractivity contribution >= 4 is 23.1 Å². The third-order valence-corrected chi connectivity index (χ3v) is 3.70. The van der Waals surface area contributed by atoms with Crippen molar-refractivity contribution in [1.82, 2.24) is 4.37 Å². The molecule has 19 heavy (non-hydrogen) atoms. The van der Waals surface area contributed by atoms with Crippen LogP contribution in [0.25, 0.3) is 11.3 Å². The molecular weight excluding hydrogens is 262 g/mol. The molecule has 0 spiro atoms. The number of carbonyl (C=O) groups is 1. The standard InChI is InChI=1S/C13H13N3O2S/c14-4-3-9-6-10(16-19-9)8-1-2-12-11(5-8)15-13(17)7-18-12/h1-2,5-6H,3-4,7,14H2,(H,15,17). The van der Waals surface area contributed by atoms with Crippen molar-refractivity contribution in [2.75, 3.05) is 18.5 Å². The summed E-state index contributed by atoms with van der Waals surface area (Å²) in [5.41, 5.74) is 8.09. The van der Waals surface area contributed by atoms with Gasteiger partial charge in [-0.25, -0.2) is 0 Å². The van der Waals surface area contributed by atoms with E-state index in [0.717, 1.165) is 22.6 Å². The maximum absolute atomic E-state index is 11.3. The summed E-state index contributed by atoms with van der Waals surface area (Å²) in [4.78, 5) is 12.5. The Balaban J connectivity index is 1.92. The van der Waals surface area contributed by atoms with E-state index in [2.05, 4.69) is 9.69 Å². The van der Waals surface area contributed by atoms with Gasteiger partial charge in [0, 0.05) is 10.4 Å². The topological polar surface area (TPSA) is 77.2 Å². The molecule has 1 aliphatic rings. The Hall–Kier alpha value is -1.92. The number of carbonyl (C=O) groups excluding carboxylic acids is 1. The largest absolute Gasteiger partial charge is 0.482 e. The molecule has 0 unspecified atom stereocenters. The molecule has 5 nitrogen and oxygen atoms in total. The fourth-order valence-electron chi connectivity index (χ4n) is 1.95. The molecule has 0 fully saturated rings. The van der Waals surface area contributed by atoms with Crippen LogP contribution in [-0.4, -0.2) is 23.4 Å². The van der Waals surface area contributed by atoms with E-state index in [-0.39, 0.29) is 12.5 Å². The molecule has 0 radical (unpaired) electrons. The maximum atomic E-state index is 11.3. The highest BCUT2D eigenvalue weighted by Gasteiger charge is 2.16. The lowest BCUT2D eigenvalue weighted by atomic mass is 10.1. The number of rotatable bonds is 3. The van der Waals surface area contributed by atoms with Gasteiger partial charge in [0.05, 0.1) is 11.4 Å². The van der Waals surface area contributed by atoms with Gasteiger partial charge in [-0.1, -0.05) is 0 Å². The molecule has 3 N–H and O–H groups in total. The number of nitrogens with two attached hydrogens (primary N) is 1. The first-order valence-electron chi connectivity index (χ1n) is 5.99. The van der Waals surface area contributed by atoms with Gasteiger partial charge >= 0.3 is 0 Å². The van der Waals surface area contributed by atoms with Gasteiger partial charge in [0.25, 0.3) is 5.91 Å². The van der Waals surface area contributed by atoms with Gasteiger partial charge in [-0.2, -0.15) is 4.37 Å². The number of nitrogens with one attached hydrogen (secondary N) is 1. The van der Waals surface area contributed by atoms with E-state index >= 15 is 0 Å². The molecule has 2 aromatic rings. The summed E-state index contributed by atoms with van der Waals surface area (Å²) in [5.74, 6) is 0.563. The lowest BCUT2D eigenvalue weighted by Gasteiger charge is -2.18. The van der Waals surface area contributed by atoms with Crippen molar-refractivity contribution in [3.05, 3.63) is 29.1 Å². The third-order valence-electron chi connectivity index (χ3n) is 2.86. The number of fused-ring (bicyclic) bond motifs is 1. The van der Waals surface area contributed by atoms with E-state index < -0.39 is 0 Å².